The number of nitriles is 1. The van der Waals surface area contributed by atoms with E-state index in [1.807, 2.05) is 54.6 Å². The summed E-state index contributed by atoms with van der Waals surface area (Å²) in [5.41, 5.74) is 5.14. The number of benzene rings is 3. The molecule has 1 saturated heterocycles. The Hall–Kier alpha value is -4.41. The zero-order chi connectivity index (χ0) is 23.9. The molecule has 3 aromatic carbocycles. The highest BCUT2D eigenvalue weighted by Crippen LogP contribution is 2.27. The molecule has 2 heterocycles. The van der Waals surface area contributed by atoms with Gasteiger partial charge in [0, 0.05) is 36.2 Å². The zero-order valence-electron chi connectivity index (χ0n) is 19.2. The van der Waals surface area contributed by atoms with Crippen LogP contribution in [0, 0.1) is 11.3 Å². The van der Waals surface area contributed by atoms with Crippen molar-refractivity contribution in [3.63, 3.8) is 0 Å². The average Bonchev–Trinajstić information content (AvgIpc) is 2.93. The van der Waals surface area contributed by atoms with Crippen LogP contribution in [-0.2, 0) is 11.3 Å². The summed E-state index contributed by atoms with van der Waals surface area (Å²) in [5, 5.41) is 12.8. The highest BCUT2D eigenvalue weighted by Gasteiger charge is 2.11. The first-order valence-electron chi connectivity index (χ1n) is 11.5. The summed E-state index contributed by atoms with van der Waals surface area (Å²) in [5.74, 6) is 1.10. The van der Waals surface area contributed by atoms with Gasteiger partial charge in [0.25, 0.3) is 0 Å². The van der Waals surface area contributed by atoms with Crippen LogP contribution < -0.4 is 15.0 Å². The van der Waals surface area contributed by atoms with E-state index in [1.165, 1.54) is 5.69 Å². The van der Waals surface area contributed by atoms with Crippen molar-refractivity contribution in [2.75, 3.05) is 36.5 Å². The van der Waals surface area contributed by atoms with Crippen LogP contribution in [0.4, 0.5) is 17.3 Å². The summed E-state index contributed by atoms with van der Waals surface area (Å²) < 4.78 is 11.4. The molecule has 0 saturated carbocycles. The Labute approximate surface area is 204 Å². The van der Waals surface area contributed by atoms with Crippen LogP contribution in [0.25, 0.3) is 11.3 Å². The second kappa shape index (κ2) is 10.7. The molecular weight excluding hydrogens is 438 g/mol. The Bertz CT molecular complexity index is 1310. The molecule has 0 bridgehead atoms. The Morgan fingerprint density at radius 3 is 2.54 bits per heavy atom. The lowest BCUT2D eigenvalue weighted by atomic mass is 10.1. The normalized spacial score (nSPS) is 13.2. The quantitative estimate of drug-likeness (QED) is 0.405. The molecule has 0 unspecified atom stereocenters. The van der Waals surface area contributed by atoms with E-state index in [0.717, 1.165) is 43.1 Å². The molecule has 0 radical (unpaired) electrons. The van der Waals surface area contributed by atoms with Gasteiger partial charge in [-0.3, -0.25) is 0 Å². The number of rotatable bonds is 7. The zero-order valence-corrected chi connectivity index (χ0v) is 19.2. The fourth-order valence-corrected chi connectivity index (χ4v) is 3.92. The first-order valence-corrected chi connectivity index (χ1v) is 11.5. The van der Waals surface area contributed by atoms with Gasteiger partial charge in [0.1, 0.15) is 12.4 Å². The van der Waals surface area contributed by atoms with Gasteiger partial charge < -0.3 is 19.7 Å². The van der Waals surface area contributed by atoms with Crippen LogP contribution in [0.1, 0.15) is 11.1 Å². The third-order valence-corrected chi connectivity index (χ3v) is 5.73. The monoisotopic (exact) mass is 463 g/mol. The van der Waals surface area contributed by atoms with Crippen molar-refractivity contribution in [2.24, 2.45) is 0 Å². The topological polar surface area (TPSA) is 83.3 Å². The van der Waals surface area contributed by atoms with Crippen molar-refractivity contribution in [1.82, 2.24) is 9.97 Å². The highest BCUT2D eigenvalue weighted by atomic mass is 16.5. The van der Waals surface area contributed by atoms with Gasteiger partial charge in [0.05, 0.1) is 30.5 Å². The second-order valence-electron chi connectivity index (χ2n) is 8.17. The van der Waals surface area contributed by atoms with Gasteiger partial charge in [-0.15, -0.1) is 0 Å². The lowest BCUT2D eigenvalue weighted by Gasteiger charge is -2.28. The van der Waals surface area contributed by atoms with Gasteiger partial charge in [-0.1, -0.05) is 30.3 Å². The van der Waals surface area contributed by atoms with E-state index in [9.17, 15) is 5.26 Å². The molecule has 1 aliphatic rings. The molecule has 5 rings (SSSR count). The van der Waals surface area contributed by atoms with Gasteiger partial charge in [0.2, 0.25) is 5.95 Å². The van der Waals surface area contributed by atoms with Crippen molar-refractivity contribution in [1.29, 1.82) is 5.26 Å². The fraction of sp³-hybridized carbons (Fsp3) is 0.179. The molecule has 7 heteroatoms. The van der Waals surface area contributed by atoms with E-state index in [4.69, 9.17) is 9.47 Å². The molecule has 4 aromatic rings. The molecule has 174 valence electrons. The number of hydrogen-bond acceptors (Lipinski definition) is 7. The average molecular weight is 464 g/mol. The SMILES string of the molecule is N#Cc1cc(OCc2ccccc2)cc(-c2ccnc(Nc3ccc(N4CCOCC4)cc3)n2)c1. The summed E-state index contributed by atoms with van der Waals surface area (Å²) in [4.78, 5) is 11.3. The molecule has 1 aliphatic heterocycles. The van der Waals surface area contributed by atoms with Crippen molar-refractivity contribution < 1.29 is 9.47 Å². The largest absolute Gasteiger partial charge is 0.489 e. The molecule has 0 aliphatic carbocycles. The minimum absolute atomic E-state index is 0.423. The van der Waals surface area contributed by atoms with E-state index in [1.54, 1.807) is 18.3 Å². The number of morpholine rings is 1. The number of aromatic nitrogens is 2. The Kier molecular flexibility index (Phi) is 6.83. The van der Waals surface area contributed by atoms with Gasteiger partial charge in [0.15, 0.2) is 0 Å². The van der Waals surface area contributed by atoms with Gasteiger partial charge >= 0.3 is 0 Å². The van der Waals surface area contributed by atoms with Crippen LogP contribution in [0.5, 0.6) is 5.75 Å². The van der Waals surface area contributed by atoms with Crippen molar-refractivity contribution in [2.45, 2.75) is 6.61 Å². The predicted molar refractivity (Wildman–Crippen MR) is 136 cm³/mol. The summed E-state index contributed by atoms with van der Waals surface area (Å²) in [6.07, 6.45) is 1.70. The van der Waals surface area contributed by atoms with Crippen molar-refractivity contribution in [3.8, 4) is 23.1 Å². The van der Waals surface area contributed by atoms with Crippen LogP contribution >= 0.6 is 0 Å². The first kappa shape index (κ1) is 22.4. The van der Waals surface area contributed by atoms with Gasteiger partial charge in [-0.2, -0.15) is 5.26 Å². The Morgan fingerprint density at radius 1 is 0.971 bits per heavy atom. The van der Waals surface area contributed by atoms with Gasteiger partial charge in [-0.25, -0.2) is 9.97 Å². The fourth-order valence-electron chi connectivity index (χ4n) is 3.92. The maximum Gasteiger partial charge on any atom is 0.227 e. The molecule has 1 fully saturated rings. The second-order valence-corrected chi connectivity index (χ2v) is 8.17. The maximum atomic E-state index is 9.52. The van der Waals surface area contributed by atoms with E-state index < -0.39 is 0 Å². The number of nitrogens with zero attached hydrogens (tertiary/aromatic N) is 4. The summed E-state index contributed by atoms with van der Waals surface area (Å²) in [6.45, 7) is 3.74. The van der Waals surface area contributed by atoms with Crippen LogP contribution in [-0.4, -0.2) is 36.3 Å². The van der Waals surface area contributed by atoms with Crippen LogP contribution in [0.2, 0.25) is 0 Å². The molecular formula is C28H25N5O2. The maximum absolute atomic E-state index is 9.52. The van der Waals surface area contributed by atoms with E-state index in [2.05, 4.69) is 38.4 Å². The number of hydrogen-bond donors (Lipinski definition) is 1. The van der Waals surface area contributed by atoms with E-state index >= 15 is 0 Å². The Morgan fingerprint density at radius 2 is 1.77 bits per heavy atom. The smallest absolute Gasteiger partial charge is 0.227 e. The molecule has 1 aromatic heterocycles. The lowest BCUT2D eigenvalue weighted by molar-refractivity contribution is 0.122. The third kappa shape index (κ3) is 5.75. The van der Waals surface area contributed by atoms with E-state index in [0.29, 0.717) is 29.6 Å². The van der Waals surface area contributed by atoms with Gasteiger partial charge in [-0.05, 0) is 54.1 Å². The van der Waals surface area contributed by atoms with E-state index in [-0.39, 0.29) is 0 Å². The molecule has 35 heavy (non-hydrogen) atoms. The number of anilines is 3. The van der Waals surface area contributed by atoms with Crippen LogP contribution in [0.15, 0.2) is 85.1 Å². The Balaban J connectivity index is 1.32. The number of ether oxygens (including phenoxy) is 2. The molecule has 1 N–H and O–H groups in total. The minimum Gasteiger partial charge on any atom is -0.489 e. The molecule has 0 amide bonds. The standard InChI is InChI=1S/C28H25N5O2/c29-19-22-16-23(18-26(17-22)35-20-21-4-2-1-3-5-21)27-10-11-30-28(32-27)31-24-6-8-25(9-7-24)33-12-14-34-15-13-33/h1-11,16-18H,12-15,20H2,(H,30,31,32). The van der Waals surface area contributed by atoms with Crippen molar-refractivity contribution in [3.05, 3.63) is 96.2 Å². The summed E-state index contributed by atoms with van der Waals surface area (Å²) >= 11 is 0. The lowest BCUT2D eigenvalue weighted by Crippen LogP contribution is -2.36. The number of nitrogens with one attached hydrogen (secondary N) is 1. The summed E-state index contributed by atoms with van der Waals surface area (Å²) in [7, 11) is 0. The van der Waals surface area contributed by atoms with Crippen molar-refractivity contribution >= 4 is 17.3 Å². The van der Waals surface area contributed by atoms with Crippen LogP contribution in [0.3, 0.4) is 0 Å². The first-order chi connectivity index (χ1) is 17.3. The minimum atomic E-state index is 0.423. The third-order valence-electron chi connectivity index (χ3n) is 5.73. The highest BCUT2D eigenvalue weighted by molar-refractivity contribution is 5.66. The summed E-state index contributed by atoms with van der Waals surface area (Å²) in [6, 6.07) is 27.6. The molecule has 0 atom stereocenters. The predicted octanol–water partition coefficient (Wildman–Crippen LogP) is 5.17. The molecule has 7 nitrogen and oxygen atoms in total. The molecule has 0 spiro atoms.